The first kappa shape index (κ1) is 24.9. The molecule has 0 unspecified atom stereocenters. The summed E-state index contributed by atoms with van der Waals surface area (Å²) in [5.41, 5.74) is 5.07. The number of carboxylic acid groups (broad SMARTS) is 1. The lowest BCUT2D eigenvalue weighted by molar-refractivity contribution is -0.139. The zero-order valence-electron chi connectivity index (χ0n) is 16.9. The molecule has 5 nitrogen and oxygen atoms in total. The number of nitrogens with one attached hydrogen (secondary N) is 1. The zero-order valence-corrected chi connectivity index (χ0v) is 16.9. The van der Waals surface area contributed by atoms with Crippen LogP contribution in [-0.2, 0) is 9.59 Å². The molecule has 0 aliphatic heterocycles. The van der Waals surface area contributed by atoms with Crippen LogP contribution in [0.4, 0.5) is 0 Å². The normalized spacial score (nSPS) is 12.2. The van der Waals surface area contributed by atoms with Gasteiger partial charge in [0.2, 0.25) is 5.91 Å². The molecular weight excluding hydrogens is 328 g/mol. The van der Waals surface area contributed by atoms with E-state index in [2.05, 4.69) is 12.2 Å². The van der Waals surface area contributed by atoms with E-state index in [1.165, 1.54) is 77.0 Å². The minimum Gasteiger partial charge on any atom is -0.480 e. The van der Waals surface area contributed by atoms with Crippen molar-refractivity contribution < 1.29 is 14.7 Å². The van der Waals surface area contributed by atoms with Gasteiger partial charge < -0.3 is 16.2 Å². The van der Waals surface area contributed by atoms with Gasteiger partial charge in [-0.1, -0.05) is 90.4 Å². The second-order valence-electron chi connectivity index (χ2n) is 7.45. The predicted molar refractivity (Wildman–Crippen MR) is 108 cm³/mol. The van der Waals surface area contributed by atoms with Crippen molar-refractivity contribution in [2.45, 2.75) is 116 Å². The van der Waals surface area contributed by atoms with Gasteiger partial charge >= 0.3 is 5.97 Å². The zero-order chi connectivity index (χ0) is 19.5. The van der Waals surface area contributed by atoms with Gasteiger partial charge in [-0.15, -0.1) is 0 Å². The molecule has 5 heteroatoms. The van der Waals surface area contributed by atoms with E-state index in [1.54, 1.807) is 0 Å². The predicted octanol–water partition coefficient (Wildman–Crippen LogP) is 4.78. The summed E-state index contributed by atoms with van der Waals surface area (Å²) in [6.45, 7) is 2.95. The molecule has 0 fully saturated rings. The maximum atomic E-state index is 11.1. The van der Waals surface area contributed by atoms with E-state index in [9.17, 15) is 9.59 Å². The smallest absolute Gasteiger partial charge is 0.320 e. The molecule has 0 saturated heterocycles. The lowest BCUT2D eigenvalue weighted by atomic mass is 10.0. The maximum Gasteiger partial charge on any atom is 0.320 e. The van der Waals surface area contributed by atoms with Gasteiger partial charge in [-0.3, -0.25) is 9.59 Å². The summed E-state index contributed by atoms with van der Waals surface area (Å²) in [4.78, 5) is 21.8. The Labute approximate surface area is 160 Å². The molecule has 154 valence electrons. The summed E-state index contributed by atoms with van der Waals surface area (Å²) >= 11 is 0. The van der Waals surface area contributed by atoms with Gasteiger partial charge in [0.1, 0.15) is 6.04 Å². The first-order valence-corrected chi connectivity index (χ1v) is 10.8. The van der Waals surface area contributed by atoms with Crippen LogP contribution in [0.15, 0.2) is 0 Å². The first-order valence-electron chi connectivity index (χ1n) is 10.8. The maximum absolute atomic E-state index is 11.1. The number of primary amides is 1. The molecule has 0 saturated carbocycles. The second kappa shape index (κ2) is 18.7. The van der Waals surface area contributed by atoms with Gasteiger partial charge in [0, 0.05) is 6.42 Å². The van der Waals surface area contributed by atoms with Crippen molar-refractivity contribution in [3.8, 4) is 0 Å². The largest absolute Gasteiger partial charge is 0.480 e. The fourth-order valence-electron chi connectivity index (χ4n) is 3.20. The molecule has 0 heterocycles. The van der Waals surface area contributed by atoms with Crippen molar-refractivity contribution in [2.24, 2.45) is 5.73 Å². The van der Waals surface area contributed by atoms with Crippen LogP contribution in [0, 0.1) is 0 Å². The average molecular weight is 371 g/mol. The van der Waals surface area contributed by atoms with Crippen molar-refractivity contribution in [3.63, 3.8) is 0 Å². The average Bonchev–Trinajstić information content (AvgIpc) is 2.60. The number of rotatable bonds is 20. The summed E-state index contributed by atoms with van der Waals surface area (Å²) in [5.74, 6) is -1.36. The number of hydrogen-bond acceptors (Lipinski definition) is 3. The summed E-state index contributed by atoms with van der Waals surface area (Å²) in [6.07, 6.45) is 18.8. The highest BCUT2D eigenvalue weighted by Gasteiger charge is 2.16. The molecule has 0 rings (SSSR count). The van der Waals surface area contributed by atoms with Crippen LogP contribution in [0.2, 0.25) is 0 Å². The van der Waals surface area contributed by atoms with Crippen molar-refractivity contribution in [2.75, 3.05) is 6.54 Å². The van der Waals surface area contributed by atoms with Gasteiger partial charge in [-0.25, -0.2) is 0 Å². The monoisotopic (exact) mass is 370 g/mol. The number of carboxylic acids is 1. The highest BCUT2D eigenvalue weighted by Crippen LogP contribution is 2.12. The van der Waals surface area contributed by atoms with Gasteiger partial charge in [-0.2, -0.15) is 0 Å². The standard InChI is InChI=1S/C21H42N2O3/c1-2-3-4-5-6-7-8-9-10-11-12-13-14-15-18-23-19(21(25)26)16-17-20(22)24/h19,23H,2-18H2,1H3,(H2,22,24)(H,25,26)/t19-/m1/s1. The van der Waals surface area contributed by atoms with E-state index in [1.807, 2.05) is 0 Å². The summed E-state index contributed by atoms with van der Waals surface area (Å²) in [6, 6.07) is -0.663. The van der Waals surface area contributed by atoms with E-state index in [0.29, 0.717) is 6.54 Å². The molecule has 1 amide bonds. The molecule has 0 aromatic rings. The van der Waals surface area contributed by atoms with E-state index in [-0.39, 0.29) is 12.8 Å². The Balaban J connectivity index is 3.32. The Morgan fingerprint density at radius 1 is 0.808 bits per heavy atom. The van der Waals surface area contributed by atoms with Crippen LogP contribution < -0.4 is 11.1 Å². The molecule has 26 heavy (non-hydrogen) atoms. The first-order chi connectivity index (χ1) is 12.6. The third-order valence-corrected chi connectivity index (χ3v) is 4.90. The van der Waals surface area contributed by atoms with Gasteiger partial charge in [0.25, 0.3) is 0 Å². The van der Waals surface area contributed by atoms with Crippen LogP contribution in [-0.4, -0.2) is 29.6 Å². The molecule has 0 spiro atoms. The Bertz CT molecular complexity index is 348. The molecule has 0 radical (unpaired) electrons. The molecule has 0 bridgehead atoms. The number of aliphatic carboxylic acids is 1. The number of nitrogens with two attached hydrogens (primary N) is 1. The summed E-state index contributed by atoms with van der Waals surface area (Å²) < 4.78 is 0. The van der Waals surface area contributed by atoms with Gasteiger partial charge in [0.05, 0.1) is 0 Å². The minimum absolute atomic E-state index is 0.114. The molecule has 0 aromatic heterocycles. The molecule has 0 aliphatic rings. The van der Waals surface area contributed by atoms with Crippen molar-refractivity contribution in [3.05, 3.63) is 0 Å². The molecule has 0 aliphatic carbocycles. The number of unbranched alkanes of at least 4 members (excludes halogenated alkanes) is 13. The topological polar surface area (TPSA) is 92.4 Å². The number of carbonyl (C=O) groups is 2. The van der Waals surface area contributed by atoms with Crippen LogP contribution in [0.1, 0.15) is 110 Å². The SMILES string of the molecule is CCCCCCCCCCCCCCCCN[C@H](CCC(N)=O)C(=O)O. The number of hydrogen-bond donors (Lipinski definition) is 3. The molecule has 4 N–H and O–H groups in total. The van der Waals surface area contributed by atoms with Crippen LogP contribution in [0.25, 0.3) is 0 Å². The summed E-state index contributed by atoms with van der Waals surface area (Å²) in [5, 5.41) is 12.1. The fourth-order valence-corrected chi connectivity index (χ4v) is 3.20. The third kappa shape index (κ3) is 17.7. The highest BCUT2D eigenvalue weighted by atomic mass is 16.4. The lowest BCUT2D eigenvalue weighted by Crippen LogP contribution is -2.38. The quantitative estimate of drug-likeness (QED) is 0.269. The fraction of sp³-hybridized carbons (Fsp3) is 0.905. The highest BCUT2D eigenvalue weighted by molar-refractivity contribution is 5.77. The van der Waals surface area contributed by atoms with Crippen molar-refractivity contribution in [1.29, 1.82) is 0 Å². The van der Waals surface area contributed by atoms with Crippen LogP contribution >= 0.6 is 0 Å². The van der Waals surface area contributed by atoms with Gasteiger partial charge in [0.15, 0.2) is 0 Å². The molecule has 0 aromatic carbocycles. The summed E-state index contributed by atoms with van der Waals surface area (Å²) in [7, 11) is 0. The van der Waals surface area contributed by atoms with E-state index >= 15 is 0 Å². The minimum atomic E-state index is -0.906. The number of carbonyl (C=O) groups excluding carboxylic acids is 1. The Kier molecular flexibility index (Phi) is 17.9. The Hall–Kier alpha value is -1.10. The van der Waals surface area contributed by atoms with E-state index in [0.717, 1.165) is 12.8 Å². The van der Waals surface area contributed by atoms with Crippen LogP contribution in [0.5, 0.6) is 0 Å². The Morgan fingerprint density at radius 3 is 1.62 bits per heavy atom. The van der Waals surface area contributed by atoms with Crippen LogP contribution in [0.3, 0.4) is 0 Å². The van der Waals surface area contributed by atoms with E-state index < -0.39 is 17.9 Å². The van der Waals surface area contributed by atoms with E-state index in [4.69, 9.17) is 10.8 Å². The Morgan fingerprint density at radius 2 is 1.23 bits per heavy atom. The third-order valence-electron chi connectivity index (χ3n) is 4.90. The van der Waals surface area contributed by atoms with Gasteiger partial charge in [-0.05, 0) is 19.4 Å². The number of amides is 1. The van der Waals surface area contributed by atoms with Crippen molar-refractivity contribution >= 4 is 11.9 Å². The second-order valence-corrected chi connectivity index (χ2v) is 7.45. The molecular formula is C21H42N2O3. The molecule has 1 atom stereocenters. The lowest BCUT2D eigenvalue weighted by Gasteiger charge is -2.13. The van der Waals surface area contributed by atoms with Crippen molar-refractivity contribution in [1.82, 2.24) is 5.32 Å².